The highest BCUT2D eigenvalue weighted by Crippen LogP contribution is 2.45. The molecule has 0 bridgehead atoms. The van der Waals surface area contributed by atoms with E-state index in [1.165, 1.54) is 29.9 Å². The lowest BCUT2D eigenvalue weighted by Gasteiger charge is -2.16. The van der Waals surface area contributed by atoms with Crippen LogP contribution in [0.2, 0.25) is 0 Å². The molecule has 1 atom stereocenters. The number of ether oxygens (including phenoxy) is 2. The largest absolute Gasteiger partial charge is 0.462 e. The third kappa shape index (κ3) is 4.61. The molecule has 1 aliphatic carbocycles. The minimum Gasteiger partial charge on any atom is -0.462 e. The van der Waals surface area contributed by atoms with E-state index in [0.29, 0.717) is 22.7 Å². The van der Waals surface area contributed by atoms with Gasteiger partial charge in [0.1, 0.15) is 5.00 Å². The average Bonchev–Trinajstić information content (AvgIpc) is 3.17. The Labute approximate surface area is 195 Å². The van der Waals surface area contributed by atoms with E-state index in [2.05, 4.69) is 11.4 Å². The van der Waals surface area contributed by atoms with Crippen LogP contribution in [0, 0.1) is 0 Å². The average molecular weight is 465 g/mol. The fourth-order valence-electron chi connectivity index (χ4n) is 3.81. The first-order valence-corrected chi connectivity index (χ1v) is 11.5. The lowest BCUT2D eigenvalue weighted by atomic mass is 9.89. The van der Waals surface area contributed by atoms with E-state index in [9.17, 15) is 14.4 Å². The number of nitrogens with two attached hydrogens (primary N) is 1. The lowest BCUT2D eigenvalue weighted by Crippen LogP contribution is -2.30. The molecule has 7 nitrogen and oxygen atoms in total. The van der Waals surface area contributed by atoms with E-state index < -0.39 is 23.9 Å². The van der Waals surface area contributed by atoms with Crippen molar-refractivity contribution < 1.29 is 23.9 Å². The van der Waals surface area contributed by atoms with Crippen LogP contribution in [0.1, 0.15) is 45.7 Å². The number of rotatable bonds is 6. The summed E-state index contributed by atoms with van der Waals surface area (Å²) in [6, 6.07) is 14.4. The maximum absolute atomic E-state index is 12.9. The Morgan fingerprint density at radius 1 is 1.09 bits per heavy atom. The highest BCUT2D eigenvalue weighted by atomic mass is 32.1. The summed E-state index contributed by atoms with van der Waals surface area (Å²) < 4.78 is 10.6. The number of anilines is 2. The summed E-state index contributed by atoms with van der Waals surface area (Å²) >= 11 is 1.33. The number of aryl methyl sites for hydroxylation is 1. The van der Waals surface area contributed by atoms with Crippen LogP contribution >= 0.6 is 11.3 Å². The van der Waals surface area contributed by atoms with Crippen molar-refractivity contribution in [2.75, 3.05) is 17.7 Å². The molecular weight excluding hydrogens is 440 g/mol. The Bertz CT molecular complexity index is 1230. The van der Waals surface area contributed by atoms with Crippen molar-refractivity contribution in [3.8, 4) is 10.4 Å². The normalized spacial score (nSPS) is 12.8. The molecular formula is C25H24N2O5S. The SMILES string of the molecule is CCOC(=O)c1c(NC(=O)C(C)OC(=O)c2cccc(N)c2)sc2c1CCc1ccccc1-2. The summed E-state index contributed by atoms with van der Waals surface area (Å²) in [5, 5.41) is 3.18. The van der Waals surface area contributed by atoms with Crippen molar-refractivity contribution >= 4 is 39.9 Å². The molecule has 1 heterocycles. The van der Waals surface area contributed by atoms with Gasteiger partial charge in [-0.1, -0.05) is 30.3 Å². The molecule has 0 radical (unpaired) electrons. The number of nitrogen functional groups attached to an aromatic ring is 1. The molecule has 0 saturated carbocycles. The Balaban J connectivity index is 1.59. The van der Waals surface area contributed by atoms with Gasteiger partial charge >= 0.3 is 11.9 Å². The van der Waals surface area contributed by atoms with Gasteiger partial charge in [0.25, 0.3) is 5.91 Å². The molecule has 33 heavy (non-hydrogen) atoms. The molecule has 0 aliphatic heterocycles. The third-order valence-corrected chi connectivity index (χ3v) is 6.59. The van der Waals surface area contributed by atoms with Crippen LogP contribution in [0.4, 0.5) is 10.7 Å². The van der Waals surface area contributed by atoms with Gasteiger partial charge in [-0.25, -0.2) is 9.59 Å². The fraction of sp³-hybridized carbons (Fsp3) is 0.240. The van der Waals surface area contributed by atoms with Crippen LogP contribution < -0.4 is 11.1 Å². The van der Waals surface area contributed by atoms with Gasteiger partial charge in [-0.15, -0.1) is 11.3 Å². The first-order valence-electron chi connectivity index (χ1n) is 10.7. The first kappa shape index (κ1) is 22.5. The molecule has 1 amide bonds. The smallest absolute Gasteiger partial charge is 0.341 e. The van der Waals surface area contributed by atoms with Crippen LogP contribution in [0.3, 0.4) is 0 Å². The second-order valence-corrected chi connectivity index (χ2v) is 8.67. The molecule has 0 spiro atoms. The highest BCUT2D eigenvalue weighted by molar-refractivity contribution is 7.20. The summed E-state index contributed by atoms with van der Waals surface area (Å²) in [4.78, 5) is 39.0. The molecule has 0 fully saturated rings. The molecule has 8 heteroatoms. The number of nitrogens with one attached hydrogen (secondary N) is 1. The summed E-state index contributed by atoms with van der Waals surface area (Å²) in [6.45, 7) is 3.44. The predicted octanol–water partition coefficient (Wildman–Crippen LogP) is 4.46. The molecule has 0 saturated heterocycles. The van der Waals surface area contributed by atoms with Crippen LogP contribution in [0.15, 0.2) is 48.5 Å². The number of carbonyl (C=O) groups excluding carboxylic acids is 3. The Morgan fingerprint density at radius 3 is 2.64 bits per heavy atom. The second kappa shape index (κ2) is 9.46. The van der Waals surface area contributed by atoms with Gasteiger partial charge < -0.3 is 20.5 Å². The molecule has 3 N–H and O–H groups in total. The number of fused-ring (bicyclic) bond motifs is 3. The van der Waals surface area contributed by atoms with E-state index in [0.717, 1.165) is 22.4 Å². The summed E-state index contributed by atoms with van der Waals surface area (Å²) in [5.41, 5.74) is 9.88. The summed E-state index contributed by atoms with van der Waals surface area (Å²) in [5.74, 6) is -1.67. The quantitative estimate of drug-likeness (QED) is 0.412. The summed E-state index contributed by atoms with van der Waals surface area (Å²) in [7, 11) is 0. The first-order chi connectivity index (χ1) is 15.9. The van der Waals surface area contributed by atoms with E-state index in [-0.39, 0.29) is 12.2 Å². The van der Waals surface area contributed by atoms with Gasteiger partial charge in [-0.3, -0.25) is 4.79 Å². The monoisotopic (exact) mass is 464 g/mol. The van der Waals surface area contributed by atoms with Gasteiger partial charge in [0.05, 0.1) is 17.7 Å². The fourth-order valence-corrected chi connectivity index (χ4v) is 5.11. The Kier molecular flexibility index (Phi) is 6.46. The van der Waals surface area contributed by atoms with Gasteiger partial charge in [0, 0.05) is 10.6 Å². The molecule has 2 aromatic carbocycles. The van der Waals surface area contributed by atoms with Crippen molar-refractivity contribution in [3.05, 3.63) is 70.8 Å². The zero-order chi connectivity index (χ0) is 23.5. The summed E-state index contributed by atoms with van der Waals surface area (Å²) in [6.07, 6.45) is 0.390. The zero-order valence-electron chi connectivity index (χ0n) is 18.3. The molecule has 1 unspecified atom stereocenters. The van der Waals surface area contributed by atoms with Crippen molar-refractivity contribution in [1.82, 2.24) is 0 Å². The molecule has 3 aromatic rings. The van der Waals surface area contributed by atoms with Gasteiger partial charge in [0.2, 0.25) is 0 Å². The highest BCUT2D eigenvalue weighted by Gasteiger charge is 2.30. The number of amides is 1. The zero-order valence-corrected chi connectivity index (χ0v) is 19.2. The lowest BCUT2D eigenvalue weighted by molar-refractivity contribution is -0.123. The molecule has 1 aromatic heterocycles. The molecule has 1 aliphatic rings. The van der Waals surface area contributed by atoms with E-state index in [1.54, 1.807) is 25.1 Å². The van der Waals surface area contributed by atoms with Crippen LogP contribution in [0.5, 0.6) is 0 Å². The van der Waals surface area contributed by atoms with Crippen LogP contribution in [0.25, 0.3) is 10.4 Å². The third-order valence-electron chi connectivity index (χ3n) is 5.41. The number of thiophene rings is 1. The maximum atomic E-state index is 12.9. The number of hydrogen-bond acceptors (Lipinski definition) is 7. The molecule has 4 rings (SSSR count). The predicted molar refractivity (Wildman–Crippen MR) is 127 cm³/mol. The van der Waals surface area contributed by atoms with Crippen molar-refractivity contribution in [2.45, 2.75) is 32.8 Å². The second-order valence-electron chi connectivity index (χ2n) is 7.65. The van der Waals surface area contributed by atoms with Crippen LogP contribution in [-0.2, 0) is 27.1 Å². The van der Waals surface area contributed by atoms with Crippen molar-refractivity contribution in [2.24, 2.45) is 0 Å². The maximum Gasteiger partial charge on any atom is 0.341 e. The minimum atomic E-state index is -1.08. The minimum absolute atomic E-state index is 0.224. The van der Waals surface area contributed by atoms with E-state index >= 15 is 0 Å². The Morgan fingerprint density at radius 2 is 1.88 bits per heavy atom. The van der Waals surface area contributed by atoms with Gasteiger partial charge in [-0.2, -0.15) is 0 Å². The number of hydrogen-bond donors (Lipinski definition) is 2. The standard InChI is InChI=1S/C25H24N2O5S/c1-3-31-25(30)20-19-12-11-15-7-4-5-10-18(15)21(19)33-23(20)27-22(28)14(2)32-24(29)16-8-6-9-17(26)13-16/h4-10,13-14H,3,11-12,26H2,1-2H3,(H,27,28). The van der Waals surface area contributed by atoms with Gasteiger partial charge in [-0.05, 0) is 61.6 Å². The van der Waals surface area contributed by atoms with Crippen LogP contribution in [-0.4, -0.2) is 30.6 Å². The molecule has 170 valence electrons. The van der Waals surface area contributed by atoms with E-state index in [4.69, 9.17) is 15.2 Å². The number of benzene rings is 2. The number of esters is 2. The van der Waals surface area contributed by atoms with Crippen molar-refractivity contribution in [3.63, 3.8) is 0 Å². The number of carbonyl (C=O) groups is 3. The topological polar surface area (TPSA) is 108 Å². The van der Waals surface area contributed by atoms with Crippen molar-refractivity contribution in [1.29, 1.82) is 0 Å². The van der Waals surface area contributed by atoms with E-state index in [1.807, 2.05) is 18.2 Å². The Hall–Kier alpha value is -3.65. The van der Waals surface area contributed by atoms with Gasteiger partial charge in [0.15, 0.2) is 6.10 Å².